The second-order valence-electron chi connectivity index (χ2n) is 4.09. The summed E-state index contributed by atoms with van der Waals surface area (Å²) in [5.74, 6) is 1.82. The smallest absolute Gasteiger partial charge is 0.257 e. The van der Waals surface area contributed by atoms with Crippen LogP contribution in [0.15, 0.2) is 23.1 Å². The van der Waals surface area contributed by atoms with Crippen molar-refractivity contribution in [2.75, 3.05) is 13.1 Å². The molecule has 1 amide bonds. The van der Waals surface area contributed by atoms with Crippen LogP contribution in [-0.4, -0.2) is 32.3 Å². The van der Waals surface area contributed by atoms with Gasteiger partial charge in [-0.1, -0.05) is 30.5 Å². The van der Waals surface area contributed by atoms with Gasteiger partial charge in [0, 0.05) is 6.54 Å². The number of carbonyl (C=O) groups excluding carboxylic acids is 1. The van der Waals surface area contributed by atoms with Gasteiger partial charge in [0.05, 0.1) is 22.0 Å². The lowest BCUT2D eigenvalue weighted by Gasteiger charge is -2.21. The fourth-order valence-corrected chi connectivity index (χ4v) is 2.80. The highest BCUT2D eigenvalue weighted by molar-refractivity contribution is 7.89. The summed E-state index contributed by atoms with van der Waals surface area (Å²) in [5.41, 5.74) is -0.139. The fraction of sp³-hybridized carbons (Fsp3) is 0.308. The first-order chi connectivity index (χ1) is 9.32. The van der Waals surface area contributed by atoms with Crippen molar-refractivity contribution in [3.8, 4) is 12.3 Å². The Balaban J connectivity index is 3.38. The molecular weight excluding hydrogens is 300 g/mol. The molecule has 1 aromatic carbocycles. The van der Waals surface area contributed by atoms with Gasteiger partial charge in [0.2, 0.25) is 10.0 Å². The number of benzene rings is 1. The minimum atomic E-state index is -4.05. The SMILES string of the molecule is C#CCN(CCC)C(=O)c1c(Cl)cccc1S(N)(=O)=O. The number of primary sulfonamides is 1. The zero-order valence-corrected chi connectivity index (χ0v) is 12.5. The molecule has 1 aromatic rings. The molecule has 1 rings (SSSR count). The van der Waals surface area contributed by atoms with E-state index in [1.807, 2.05) is 6.92 Å². The predicted octanol–water partition coefficient (Wildman–Crippen LogP) is 1.47. The molecule has 0 bridgehead atoms. The van der Waals surface area contributed by atoms with Crippen molar-refractivity contribution in [1.29, 1.82) is 0 Å². The number of terminal acetylenes is 1. The highest BCUT2D eigenvalue weighted by Crippen LogP contribution is 2.24. The van der Waals surface area contributed by atoms with E-state index in [-0.39, 0.29) is 22.0 Å². The standard InChI is InChI=1S/C13H15ClN2O3S/c1-3-8-16(9-4-2)13(17)12-10(14)6-5-7-11(12)20(15,18)19/h1,5-7H,4,8-9H2,2H3,(H2,15,18,19). The van der Waals surface area contributed by atoms with Crippen LogP contribution in [0, 0.1) is 12.3 Å². The molecule has 0 aliphatic carbocycles. The Bertz CT molecular complexity index is 650. The van der Waals surface area contributed by atoms with E-state index in [1.165, 1.54) is 23.1 Å². The van der Waals surface area contributed by atoms with E-state index < -0.39 is 15.9 Å². The molecule has 0 spiro atoms. The summed E-state index contributed by atoms with van der Waals surface area (Å²) in [6, 6.07) is 4.10. The average molecular weight is 315 g/mol. The molecule has 7 heteroatoms. The number of nitrogens with two attached hydrogens (primary N) is 1. The number of hydrogen-bond acceptors (Lipinski definition) is 3. The third-order valence-electron chi connectivity index (χ3n) is 2.56. The Kier molecular flexibility index (Phi) is 5.57. The molecule has 0 fully saturated rings. The first-order valence-corrected chi connectivity index (χ1v) is 7.79. The second kappa shape index (κ2) is 6.75. The summed E-state index contributed by atoms with van der Waals surface area (Å²) in [6.45, 7) is 2.35. The topological polar surface area (TPSA) is 80.5 Å². The molecule has 2 N–H and O–H groups in total. The minimum absolute atomic E-state index is 0.0275. The van der Waals surface area contributed by atoms with Crippen LogP contribution >= 0.6 is 11.6 Å². The number of nitrogens with zero attached hydrogens (tertiary/aromatic N) is 1. The van der Waals surface area contributed by atoms with Crippen LogP contribution < -0.4 is 5.14 Å². The summed E-state index contributed by atoms with van der Waals surface area (Å²) in [5, 5.41) is 5.14. The first kappa shape index (κ1) is 16.5. The fourth-order valence-electron chi connectivity index (χ4n) is 1.74. The number of halogens is 1. The Morgan fingerprint density at radius 2 is 2.15 bits per heavy atom. The van der Waals surface area contributed by atoms with E-state index in [1.54, 1.807) is 0 Å². The third kappa shape index (κ3) is 3.73. The Morgan fingerprint density at radius 1 is 1.50 bits per heavy atom. The lowest BCUT2D eigenvalue weighted by Crippen LogP contribution is -2.33. The van der Waals surface area contributed by atoms with Crippen molar-refractivity contribution in [2.24, 2.45) is 5.14 Å². The number of carbonyl (C=O) groups is 1. The maximum atomic E-state index is 12.4. The van der Waals surface area contributed by atoms with Crippen LogP contribution in [0.5, 0.6) is 0 Å². The molecule has 0 heterocycles. The summed E-state index contributed by atoms with van der Waals surface area (Å²) < 4.78 is 23.1. The Labute approximate surface area is 123 Å². The van der Waals surface area contributed by atoms with Gasteiger partial charge in [0.25, 0.3) is 5.91 Å². The van der Waals surface area contributed by atoms with Gasteiger partial charge >= 0.3 is 0 Å². The Morgan fingerprint density at radius 3 is 2.65 bits per heavy atom. The van der Waals surface area contributed by atoms with Crippen molar-refractivity contribution in [2.45, 2.75) is 18.2 Å². The number of rotatable bonds is 5. The quantitative estimate of drug-likeness (QED) is 0.836. The van der Waals surface area contributed by atoms with E-state index in [0.29, 0.717) is 13.0 Å². The third-order valence-corrected chi connectivity index (χ3v) is 3.83. The van der Waals surface area contributed by atoms with Crippen LogP contribution in [0.2, 0.25) is 5.02 Å². The number of hydrogen-bond donors (Lipinski definition) is 1. The van der Waals surface area contributed by atoms with Gasteiger partial charge in [-0.2, -0.15) is 0 Å². The van der Waals surface area contributed by atoms with Crippen LogP contribution in [0.1, 0.15) is 23.7 Å². The van der Waals surface area contributed by atoms with Gasteiger partial charge in [-0.3, -0.25) is 4.79 Å². The van der Waals surface area contributed by atoms with Gasteiger partial charge < -0.3 is 4.90 Å². The molecule has 0 saturated heterocycles. The summed E-state index contributed by atoms with van der Waals surface area (Å²) in [7, 11) is -4.05. The molecule has 108 valence electrons. The van der Waals surface area contributed by atoms with Gasteiger partial charge in [-0.15, -0.1) is 6.42 Å². The largest absolute Gasteiger partial charge is 0.327 e. The summed E-state index contributed by atoms with van der Waals surface area (Å²) in [6.07, 6.45) is 5.90. The molecule has 0 aliphatic heterocycles. The lowest BCUT2D eigenvalue weighted by molar-refractivity contribution is 0.0773. The van der Waals surface area contributed by atoms with Gasteiger partial charge in [-0.05, 0) is 18.6 Å². The molecule has 0 aromatic heterocycles. The average Bonchev–Trinajstić information content (AvgIpc) is 2.36. The van der Waals surface area contributed by atoms with Crippen molar-refractivity contribution < 1.29 is 13.2 Å². The molecular formula is C13H15ClN2O3S. The zero-order valence-electron chi connectivity index (χ0n) is 11.0. The van der Waals surface area contributed by atoms with Crippen molar-refractivity contribution in [3.63, 3.8) is 0 Å². The predicted molar refractivity (Wildman–Crippen MR) is 77.9 cm³/mol. The first-order valence-electron chi connectivity index (χ1n) is 5.87. The van der Waals surface area contributed by atoms with Crippen LogP contribution in [0.3, 0.4) is 0 Å². The van der Waals surface area contributed by atoms with E-state index in [0.717, 1.165) is 0 Å². The number of sulfonamides is 1. The molecule has 0 atom stereocenters. The molecule has 0 radical (unpaired) electrons. The van der Waals surface area contributed by atoms with Crippen LogP contribution in [-0.2, 0) is 10.0 Å². The summed E-state index contributed by atoms with van der Waals surface area (Å²) >= 11 is 5.96. The van der Waals surface area contributed by atoms with Crippen LogP contribution in [0.4, 0.5) is 0 Å². The molecule has 0 unspecified atom stereocenters. The lowest BCUT2D eigenvalue weighted by atomic mass is 10.2. The highest BCUT2D eigenvalue weighted by Gasteiger charge is 2.25. The molecule has 5 nitrogen and oxygen atoms in total. The van der Waals surface area contributed by atoms with Gasteiger partial charge in [-0.25, -0.2) is 13.6 Å². The summed E-state index contributed by atoms with van der Waals surface area (Å²) in [4.78, 5) is 13.5. The molecule has 0 aliphatic rings. The molecule has 20 heavy (non-hydrogen) atoms. The minimum Gasteiger partial charge on any atom is -0.327 e. The van der Waals surface area contributed by atoms with E-state index in [9.17, 15) is 13.2 Å². The molecule has 0 saturated carbocycles. The maximum Gasteiger partial charge on any atom is 0.257 e. The van der Waals surface area contributed by atoms with Crippen molar-refractivity contribution in [1.82, 2.24) is 4.90 Å². The second-order valence-corrected chi connectivity index (χ2v) is 6.03. The van der Waals surface area contributed by atoms with Gasteiger partial charge in [0.15, 0.2) is 0 Å². The zero-order chi connectivity index (χ0) is 15.3. The van der Waals surface area contributed by atoms with Gasteiger partial charge in [0.1, 0.15) is 0 Å². The van der Waals surface area contributed by atoms with E-state index >= 15 is 0 Å². The van der Waals surface area contributed by atoms with E-state index in [4.69, 9.17) is 23.2 Å². The number of amides is 1. The monoisotopic (exact) mass is 314 g/mol. The normalized spacial score (nSPS) is 10.9. The maximum absolute atomic E-state index is 12.4. The Hall–Kier alpha value is -1.55. The van der Waals surface area contributed by atoms with Crippen LogP contribution in [0.25, 0.3) is 0 Å². The van der Waals surface area contributed by atoms with E-state index in [2.05, 4.69) is 5.92 Å². The highest BCUT2D eigenvalue weighted by atomic mass is 35.5. The van der Waals surface area contributed by atoms with Crippen molar-refractivity contribution >= 4 is 27.5 Å². The van der Waals surface area contributed by atoms with Crippen molar-refractivity contribution in [3.05, 3.63) is 28.8 Å².